The van der Waals surface area contributed by atoms with Gasteiger partial charge in [-0.25, -0.2) is 0 Å². The lowest BCUT2D eigenvalue weighted by atomic mass is 10.0. The molecule has 0 fully saturated rings. The molecule has 0 unspecified atom stereocenters. The van der Waals surface area contributed by atoms with Gasteiger partial charge in [0.2, 0.25) is 6.10 Å². The molecule has 0 spiro atoms. The van der Waals surface area contributed by atoms with E-state index in [1.807, 2.05) is 0 Å². The van der Waals surface area contributed by atoms with Crippen LogP contribution in [0.25, 0.3) is 0 Å². The molecule has 2 aromatic carbocycles. The Bertz CT molecular complexity index is 918. The van der Waals surface area contributed by atoms with Gasteiger partial charge in [-0.2, -0.15) is 0 Å². The van der Waals surface area contributed by atoms with Gasteiger partial charge in [-0.05, 0) is 12.1 Å². The van der Waals surface area contributed by atoms with Crippen molar-refractivity contribution >= 4 is 52.1 Å². The molecule has 6 nitrogen and oxygen atoms in total. The van der Waals surface area contributed by atoms with E-state index in [1.165, 1.54) is 14.2 Å². The number of carbonyl (C=O) groups excluding carboxylic acids is 1. The molecule has 0 saturated carbocycles. The summed E-state index contributed by atoms with van der Waals surface area (Å²) in [5.74, 6) is 0.433. The monoisotopic (exact) mass is 428 g/mol. The Kier molecular flexibility index (Phi) is 5.99. The minimum atomic E-state index is -0.791. The lowest BCUT2D eigenvalue weighted by Crippen LogP contribution is -2.28. The molecule has 0 saturated heterocycles. The molecular formula is C18H15Cl3N2O4. The fraction of sp³-hybridized carbons (Fsp3) is 0.222. The first-order valence-electron chi connectivity index (χ1n) is 7.83. The normalized spacial score (nSPS) is 15.7. The first kappa shape index (κ1) is 19.6. The van der Waals surface area contributed by atoms with Crippen LogP contribution in [0.1, 0.15) is 12.0 Å². The number of methoxy groups -OCH3 is 2. The number of carbonyl (C=O) groups is 1. The zero-order valence-corrected chi connectivity index (χ0v) is 16.7. The van der Waals surface area contributed by atoms with Crippen LogP contribution in [0.2, 0.25) is 15.1 Å². The van der Waals surface area contributed by atoms with Gasteiger partial charge in [0.1, 0.15) is 11.5 Å². The molecule has 0 bridgehead atoms. The van der Waals surface area contributed by atoms with Crippen LogP contribution in [-0.4, -0.2) is 31.9 Å². The van der Waals surface area contributed by atoms with Crippen molar-refractivity contribution in [2.45, 2.75) is 12.5 Å². The van der Waals surface area contributed by atoms with Crippen molar-refractivity contribution in [3.05, 3.63) is 51.0 Å². The lowest BCUT2D eigenvalue weighted by molar-refractivity contribution is -0.125. The summed E-state index contributed by atoms with van der Waals surface area (Å²) in [5.41, 5.74) is 1.76. The van der Waals surface area contributed by atoms with E-state index in [0.29, 0.717) is 38.0 Å². The molecule has 9 heteroatoms. The zero-order chi connectivity index (χ0) is 19.6. The highest BCUT2D eigenvalue weighted by atomic mass is 35.5. The van der Waals surface area contributed by atoms with Crippen molar-refractivity contribution in [2.24, 2.45) is 5.16 Å². The number of rotatable bonds is 5. The number of hydrogen-bond acceptors (Lipinski definition) is 5. The molecule has 0 aliphatic carbocycles. The summed E-state index contributed by atoms with van der Waals surface area (Å²) < 4.78 is 10.4. The third-order valence-electron chi connectivity index (χ3n) is 3.95. The van der Waals surface area contributed by atoms with E-state index < -0.39 is 6.10 Å². The second-order valence-corrected chi connectivity index (χ2v) is 6.86. The third kappa shape index (κ3) is 4.24. The molecule has 3 rings (SSSR count). The number of amides is 1. The van der Waals surface area contributed by atoms with Crippen LogP contribution < -0.4 is 14.8 Å². The standard InChI is InChI=1S/C18H15Cl3N2O4/c1-25-15-8-14(16(26-2)6-12(15)21)22-18(24)17-7-13(23-27-17)9-3-4-10(19)11(20)5-9/h3-6,8,17H,7H2,1-2H3,(H,22,24)/t17-/m1/s1. The van der Waals surface area contributed by atoms with Crippen LogP contribution in [0.4, 0.5) is 5.69 Å². The molecule has 1 amide bonds. The molecule has 1 N–H and O–H groups in total. The lowest BCUT2D eigenvalue weighted by Gasteiger charge is -2.14. The average Bonchev–Trinajstić information content (AvgIpc) is 3.15. The number of hydrogen-bond donors (Lipinski definition) is 1. The van der Waals surface area contributed by atoms with E-state index in [2.05, 4.69) is 10.5 Å². The van der Waals surface area contributed by atoms with Crippen molar-refractivity contribution in [3.63, 3.8) is 0 Å². The van der Waals surface area contributed by atoms with Gasteiger partial charge in [-0.3, -0.25) is 4.79 Å². The quantitative estimate of drug-likeness (QED) is 0.741. The highest BCUT2D eigenvalue weighted by molar-refractivity contribution is 6.42. The highest BCUT2D eigenvalue weighted by Gasteiger charge is 2.30. The van der Waals surface area contributed by atoms with E-state index in [9.17, 15) is 4.79 Å². The summed E-state index contributed by atoms with van der Waals surface area (Å²) in [6, 6.07) is 8.25. The molecule has 0 radical (unpaired) electrons. The molecule has 27 heavy (non-hydrogen) atoms. The van der Waals surface area contributed by atoms with Crippen LogP contribution in [0.15, 0.2) is 35.5 Å². The van der Waals surface area contributed by atoms with Crippen LogP contribution in [0.5, 0.6) is 11.5 Å². The minimum Gasteiger partial charge on any atom is -0.495 e. The summed E-state index contributed by atoms with van der Waals surface area (Å²) >= 11 is 18.0. The van der Waals surface area contributed by atoms with Gasteiger partial charge < -0.3 is 19.6 Å². The number of ether oxygens (including phenoxy) is 2. The SMILES string of the molecule is COc1cc(NC(=O)[C@H]2CC(c3ccc(Cl)c(Cl)c3)=NO2)c(OC)cc1Cl. The number of oxime groups is 1. The number of nitrogens with zero attached hydrogens (tertiary/aromatic N) is 1. The number of anilines is 1. The largest absolute Gasteiger partial charge is 0.495 e. The maximum Gasteiger partial charge on any atom is 0.268 e. The third-order valence-corrected chi connectivity index (χ3v) is 4.98. The fourth-order valence-electron chi connectivity index (χ4n) is 2.54. The van der Waals surface area contributed by atoms with Gasteiger partial charge in [0, 0.05) is 24.1 Å². The van der Waals surface area contributed by atoms with E-state index in [4.69, 9.17) is 49.1 Å². The summed E-state index contributed by atoms with van der Waals surface area (Å²) in [4.78, 5) is 17.9. The van der Waals surface area contributed by atoms with Crippen molar-refractivity contribution in [1.29, 1.82) is 0 Å². The Balaban J connectivity index is 1.72. The summed E-state index contributed by atoms with van der Waals surface area (Å²) in [7, 11) is 2.96. The maximum absolute atomic E-state index is 12.6. The molecule has 2 aromatic rings. The molecule has 1 aliphatic rings. The predicted molar refractivity (Wildman–Crippen MR) is 106 cm³/mol. The predicted octanol–water partition coefficient (Wildman–Crippen LogP) is 4.80. The second-order valence-electron chi connectivity index (χ2n) is 5.64. The molecule has 1 atom stereocenters. The molecule has 1 aliphatic heterocycles. The number of halogens is 3. The fourth-order valence-corrected chi connectivity index (χ4v) is 3.06. The Hall–Kier alpha value is -2.15. The Morgan fingerprint density at radius 1 is 1.07 bits per heavy atom. The van der Waals surface area contributed by atoms with Crippen LogP contribution in [0, 0.1) is 0 Å². The highest BCUT2D eigenvalue weighted by Crippen LogP contribution is 2.36. The molecular weight excluding hydrogens is 415 g/mol. The van der Waals surface area contributed by atoms with Crippen LogP contribution in [0.3, 0.4) is 0 Å². The average molecular weight is 430 g/mol. The van der Waals surface area contributed by atoms with Crippen LogP contribution in [-0.2, 0) is 9.63 Å². The van der Waals surface area contributed by atoms with E-state index in [-0.39, 0.29) is 12.3 Å². The van der Waals surface area contributed by atoms with Gasteiger partial charge in [0.05, 0.1) is 40.7 Å². The van der Waals surface area contributed by atoms with Crippen molar-refractivity contribution < 1.29 is 19.1 Å². The maximum atomic E-state index is 12.6. The van der Waals surface area contributed by atoms with E-state index in [0.717, 1.165) is 5.56 Å². The molecule has 0 aromatic heterocycles. The summed E-state index contributed by atoms with van der Waals surface area (Å²) in [6.07, 6.45) is -0.502. The Labute approximate surface area is 170 Å². The summed E-state index contributed by atoms with van der Waals surface area (Å²) in [5, 5.41) is 7.96. The number of nitrogens with one attached hydrogen (secondary N) is 1. The van der Waals surface area contributed by atoms with Crippen molar-refractivity contribution in [3.8, 4) is 11.5 Å². The van der Waals surface area contributed by atoms with Gasteiger partial charge in [0.25, 0.3) is 5.91 Å². The van der Waals surface area contributed by atoms with Gasteiger partial charge in [-0.1, -0.05) is 46.0 Å². The van der Waals surface area contributed by atoms with Crippen LogP contribution >= 0.6 is 34.8 Å². The van der Waals surface area contributed by atoms with E-state index in [1.54, 1.807) is 30.3 Å². The van der Waals surface area contributed by atoms with Gasteiger partial charge in [-0.15, -0.1) is 0 Å². The van der Waals surface area contributed by atoms with E-state index >= 15 is 0 Å². The number of benzene rings is 2. The Morgan fingerprint density at radius 2 is 1.81 bits per heavy atom. The minimum absolute atomic E-state index is 0.289. The molecule has 142 valence electrons. The Morgan fingerprint density at radius 3 is 2.48 bits per heavy atom. The van der Waals surface area contributed by atoms with Gasteiger partial charge in [0.15, 0.2) is 0 Å². The second kappa shape index (κ2) is 8.25. The topological polar surface area (TPSA) is 69.2 Å². The molecule has 1 heterocycles. The first-order valence-corrected chi connectivity index (χ1v) is 8.96. The first-order chi connectivity index (χ1) is 12.9. The zero-order valence-electron chi connectivity index (χ0n) is 14.4. The van der Waals surface area contributed by atoms with Gasteiger partial charge >= 0.3 is 0 Å². The van der Waals surface area contributed by atoms with Crippen molar-refractivity contribution in [2.75, 3.05) is 19.5 Å². The smallest absolute Gasteiger partial charge is 0.268 e. The summed E-state index contributed by atoms with van der Waals surface area (Å²) in [6.45, 7) is 0. The van der Waals surface area contributed by atoms with Crippen molar-refractivity contribution in [1.82, 2.24) is 0 Å².